The molecule has 32 heteroatoms. The van der Waals surface area contributed by atoms with E-state index in [0.717, 1.165) is 29.0 Å². The van der Waals surface area contributed by atoms with Crippen molar-refractivity contribution in [3.05, 3.63) is 122 Å². The highest BCUT2D eigenvalue weighted by molar-refractivity contribution is 7.86. The number of aliphatic hydroxyl groups is 2. The molecule has 9 N–H and O–H groups in total. The first-order valence-electron chi connectivity index (χ1n) is 23.4. The third-order valence-corrected chi connectivity index (χ3v) is 18.3. The normalized spacial score (nSPS) is 22.6. The minimum Gasteiger partial charge on any atom is -0.744 e. The zero-order chi connectivity index (χ0) is 57.3. The van der Waals surface area contributed by atoms with Crippen LogP contribution in [0.3, 0.4) is 0 Å². The van der Waals surface area contributed by atoms with Crippen LogP contribution in [0.15, 0.2) is 104 Å². The van der Waals surface area contributed by atoms with Gasteiger partial charge in [-0.05, 0) is 75.6 Å². The van der Waals surface area contributed by atoms with Gasteiger partial charge in [0.2, 0.25) is 11.6 Å². The number of hydrogen-bond acceptors (Lipinski definition) is 18. The quantitative estimate of drug-likeness (QED) is 0.0216. The molecule has 4 heterocycles. The maximum atomic E-state index is 12.8. The van der Waals surface area contributed by atoms with Crippen LogP contribution in [-0.4, -0.2) is 126 Å². The monoisotopic (exact) mass is 1180 g/mol. The molecule has 3 aromatic rings. The molecule has 27 nitrogen and oxygen atoms in total. The molecule has 2 unspecified atom stereocenters. The number of aromatic amines is 1. The molecule has 6 atom stereocenters. The number of nitrogens with zero attached hydrogens (tertiary/aromatic N) is 3. The Kier molecular flexibility index (Phi) is 18.7. The van der Waals surface area contributed by atoms with Crippen molar-refractivity contribution in [3.8, 4) is 0 Å². The average Bonchev–Trinajstić information content (AvgIpc) is 3.81. The number of aliphatic hydroxyl groups excluding tert-OH is 2. The lowest BCUT2D eigenvalue weighted by molar-refractivity contribution is -0.438. The number of rotatable bonds is 23. The van der Waals surface area contributed by atoms with Gasteiger partial charge >= 0.3 is 29.2 Å². The van der Waals surface area contributed by atoms with Gasteiger partial charge < -0.3 is 49.3 Å². The van der Waals surface area contributed by atoms with Gasteiger partial charge in [0.25, 0.3) is 15.7 Å². The van der Waals surface area contributed by atoms with Gasteiger partial charge in [-0.15, -0.1) is 0 Å². The minimum atomic E-state index is -5.87. The van der Waals surface area contributed by atoms with Gasteiger partial charge in [0.05, 0.1) is 27.4 Å². The molecule has 0 bridgehead atoms. The molecule has 1 fully saturated rings. The highest BCUT2D eigenvalue weighted by Gasteiger charge is 2.48. The lowest BCUT2D eigenvalue weighted by Gasteiger charge is -2.25. The van der Waals surface area contributed by atoms with E-state index >= 15 is 0 Å². The summed E-state index contributed by atoms with van der Waals surface area (Å²) in [4.78, 5) is 78.1. The molecule has 77 heavy (non-hydrogen) atoms. The summed E-state index contributed by atoms with van der Waals surface area (Å²) in [6.45, 7) is 9.54. The number of ether oxygens (including phenoxy) is 1. The van der Waals surface area contributed by atoms with Gasteiger partial charge in [0, 0.05) is 66.6 Å². The lowest BCUT2D eigenvalue weighted by Crippen LogP contribution is -2.38. The number of unbranched alkanes of at least 4 members (excludes halogenated alkanes) is 2. The van der Waals surface area contributed by atoms with Crippen LogP contribution in [0.5, 0.6) is 0 Å². The summed E-state index contributed by atoms with van der Waals surface area (Å²) in [5.41, 5.74) is 1.06. The summed E-state index contributed by atoms with van der Waals surface area (Å²) in [6, 6.07) is 8.77. The first kappa shape index (κ1) is 61.3. The molecule has 0 radical (unpaired) electrons. The van der Waals surface area contributed by atoms with Crippen LogP contribution in [0.2, 0.25) is 0 Å². The van der Waals surface area contributed by atoms with E-state index in [4.69, 9.17) is 14.5 Å². The number of benzene rings is 2. The van der Waals surface area contributed by atoms with E-state index in [9.17, 15) is 74.0 Å². The van der Waals surface area contributed by atoms with Crippen LogP contribution in [0.4, 0.5) is 11.4 Å². The van der Waals surface area contributed by atoms with Crippen molar-refractivity contribution in [1.29, 1.82) is 0 Å². The van der Waals surface area contributed by atoms with Crippen LogP contribution in [0, 0.1) is 0 Å². The van der Waals surface area contributed by atoms with E-state index in [-0.39, 0.29) is 34.2 Å². The molecule has 3 aliphatic rings. The fraction of sp³-hybridized carbons (Fsp3) is 0.422. The number of carbonyl (C=O) groups is 1. The fourth-order valence-electron chi connectivity index (χ4n) is 9.12. The number of amides is 1. The van der Waals surface area contributed by atoms with Crippen molar-refractivity contribution in [2.75, 3.05) is 31.1 Å². The summed E-state index contributed by atoms with van der Waals surface area (Å²) < 4.78 is 124. The molecule has 0 aliphatic carbocycles. The summed E-state index contributed by atoms with van der Waals surface area (Å²) in [7, 11) is -26.4. The molecule has 6 rings (SSSR count). The predicted octanol–water partition coefficient (Wildman–Crippen LogP) is 3.23. The van der Waals surface area contributed by atoms with E-state index in [1.165, 1.54) is 36.4 Å². The van der Waals surface area contributed by atoms with Crippen molar-refractivity contribution in [3.63, 3.8) is 0 Å². The van der Waals surface area contributed by atoms with Crippen LogP contribution < -0.4 is 21.5 Å². The van der Waals surface area contributed by atoms with Crippen LogP contribution in [-0.2, 0) is 67.4 Å². The van der Waals surface area contributed by atoms with Crippen LogP contribution in [0.1, 0.15) is 83.2 Å². The van der Waals surface area contributed by atoms with E-state index < -0.39 is 96.9 Å². The number of anilines is 1. The molecule has 1 saturated heterocycles. The highest BCUT2D eigenvalue weighted by atomic mass is 32.2. The molecular weight excluding hydrogens is 1120 g/mol. The Balaban J connectivity index is 1.06. The molecule has 422 valence electrons. The Morgan fingerprint density at radius 1 is 0.883 bits per heavy atom. The minimum absolute atomic E-state index is 0.0686. The van der Waals surface area contributed by atoms with Crippen LogP contribution >= 0.6 is 23.5 Å². The van der Waals surface area contributed by atoms with Crippen molar-refractivity contribution in [1.82, 2.24) is 14.9 Å². The molecule has 2 aromatic carbocycles. The Bertz CT molecular complexity index is 3450. The Morgan fingerprint density at radius 2 is 1.56 bits per heavy atom. The fourth-order valence-corrected chi connectivity index (χ4v) is 13.2. The van der Waals surface area contributed by atoms with Gasteiger partial charge in [0.15, 0.2) is 11.9 Å². The molecule has 0 saturated carbocycles. The van der Waals surface area contributed by atoms with Gasteiger partial charge in [-0.25, -0.2) is 26.9 Å². The largest absolute Gasteiger partial charge is 0.744 e. The third kappa shape index (κ3) is 14.7. The second-order valence-electron chi connectivity index (χ2n) is 18.8. The maximum Gasteiger partial charge on any atom is 0.490 e. The van der Waals surface area contributed by atoms with Gasteiger partial charge in [-0.1, -0.05) is 44.2 Å². The summed E-state index contributed by atoms with van der Waals surface area (Å²) in [5, 5.41) is 23.8. The summed E-state index contributed by atoms with van der Waals surface area (Å²) >= 11 is 0. The highest BCUT2D eigenvalue weighted by Crippen LogP contribution is 2.66. The van der Waals surface area contributed by atoms with E-state index in [1.54, 1.807) is 12.1 Å². The topological polar surface area (TPSA) is 411 Å². The van der Waals surface area contributed by atoms with Crippen LogP contribution in [0.25, 0.3) is 6.08 Å². The third-order valence-electron chi connectivity index (χ3n) is 12.8. The number of phosphoric ester groups is 1. The smallest absolute Gasteiger partial charge is 0.490 e. The Labute approximate surface area is 441 Å². The summed E-state index contributed by atoms with van der Waals surface area (Å²) in [5.74, 6) is -0.332. The number of likely N-dealkylation sites (N-methyl/N-ethyl adjacent to an activating group) is 1. The number of hydrogen-bond donors (Lipinski definition) is 9. The van der Waals surface area contributed by atoms with Crippen molar-refractivity contribution >= 4 is 72.8 Å². The van der Waals surface area contributed by atoms with Gasteiger partial charge in [-0.3, -0.25) is 28.2 Å². The molecule has 1 amide bonds. The number of H-pyrrole nitrogens is 1. The number of fused-ring (bicyclic) bond motifs is 2. The van der Waals surface area contributed by atoms with E-state index in [2.05, 4.69) is 23.0 Å². The first-order chi connectivity index (χ1) is 35.6. The van der Waals surface area contributed by atoms with Crippen molar-refractivity contribution in [2.24, 2.45) is 0 Å². The van der Waals surface area contributed by atoms with Gasteiger partial charge in [-0.2, -0.15) is 21.6 Å². The SMILES string of the molecule is CCN1\C(=C/C=C/C=C/C2=[N+](CCCCCC(=O)NC/C=C/c3cn([C@@H]4O[C@H](COP(=O)(O)OP(=O)(O)OP(=O)(O)O)[C@H](O)[C@@H]4O)c(=O)[nH]c3=O)c3ccc(S(=O)(=O)O)cc3C2(C)C)C(C)(C)c2cc(S(=O)(=O)[O-])ccc21. The Morgan fingerprint density at radius 3 is 2.21 bits per heavy atom. The number of nitrogens with one attached hydrogen (secondary N) is 2. The first-order valence-corrected chi connectivity index (χ1v) is 30.7. The van der Waals surface area contributed by atoms with Crippen molar-refractivity contribution < 1.29 is 96.7 Å². The average molecular weight is 1180 g/mol. The zero-order valence-electron chi connectivity index (χ0n) is 41.8. The summed E-state index contributed by atoms with van der Waals surface area (Å²) in [6.07, 6.45) is 7.36. The number of phosphoric acid groups is 3. The van der Waals surface area contributed by atoms with E-state index in [0.29, 0.717) is 48.0 Å². The molecule has 1 aromatic heterocycles. The molecular formula is C45H58N5O22P3S2. The number of allylic oxidation sites excluding steroid dienone is 6. The number of carbonyl (C=O) groups excluding carboxylic acids is 1. The molecule has 3 aliphatic heterocycles. The van der Waals surface area contributed by atoms with Crippen molar-refractivity contribution in [2.45, 2.75) is 105 Å². The molecule has 0 spiro atoms. The zero-order valence-corrected chi connectivity index (χ0v) is 46.1. The second kappa shape index (κ2) is 23.5. The second-order valence-corrected chi connectivity index (χ2v) is 26.0. The van der Waals surface area contributed by atoms with Gasteiger partial charge in [0.1, 0.15) is 35.0 Å². The standard InChI is InChI=1S/C45H58N5O22P3S2/c1-6-48-33-20-18-29(76(63,64)65)24-31(33)44(2,3)36(48)15-9-7-10-16-37-45(4,5)32-25-30(77(66,67)68)19-21-34(32)49(37)23-12-8-11-17-38(51)46-22-13-14-28-26-50(43(55)47-41(28)54)42-40(53)39(52)35(70-42)27-69-74(59,60)72-75(61,62)71-73(56,57)58/h7,9-10,13-16,18-21,24-26,35,39-40,42,52-53H,6,8,11-12,17,22-23,27H2,1-5H3,(H7-,46,47,51,54,55,56,57,58,59,60,61,62,63,64,65,66,67,68)/b14-13+/t35-,39+,40+,42-/m1/s1. The predicted molar refractivity (Wildman–Crippen MR) is 273 cm³/mol. The Hall–Kier alpha value is -4.87. The lowest BCUT2D eigenvalue weighted by atomic mass is 9.81. The maximum absolute atomic E-state index is 12.8. The van der Waals surface area contributed by atoms with E-state index in [1.807, 2.05) is 74.9 Å². The number of aromatic nitrogens is 2.